The molecule has 2 rings (SSSR count). The molecule has 2 aliphatic carbocycles. The molecule has 0 radical (unpaired) electrons. The summed E-state index contributed by atoms with van der Waals surface area (Å²) in [6, 6.07) is 0. The molecule has 0 aromatic heterocycles. The van der Waals surface area contributed by atoms with Gasteiger partial charge < -0.3 is 5.11 Å². The van der Waals surface area contributed by atoms with Crippen LogP contribution in [0.2, 0.25) is 0 Å². The minimum Gasteiger partial charge on any atom is -0.392 e. The highest BCUT2D eigenvalue weighted by Gasteiger charge is 2.39. The Kier molecular flexibility index (Phi) is 0.974. The van der Waals surface area contributed by atoms with Crippen molar-refractivity contribution in [1.82, 2.24) is 0 Å². The third-order valence-electron chi connectivity index (χ3n) is 2.72. The van der Waals surface area contributed by atoms with Crippen LogP contribution in [0.15, 0.2) is 11.6 Å². The highest BCUT2D eigenvalue weighted by molar-refractivity contribution is 5.24. The number of fused-ring (bicyclic) bond motifs is 1. The molecule has 1 N–H and O–H groups in total. The number of rotatable bonds is 0. The lowest BCUT2D eigenvalue weighted by Gasteiger charge is -2.29. The molecule has 1 fully saturated rings. The fourth-order valence-corrected chi connectivity index (χ4v) is 2.07. The Labute approximate surface area is 55.4 Å². The molecule has 0 aromatic rings. The Balaban J connectivity index is 2.17. The molecule has 0 saturated heterocycles. The first-order valence-electron chi connectivity index (χ1n) is 3.65. The van der Waals surface area contributed by atoms with Crippen LogP contribution in [0, 0.1) is 11.8 Å². The normalized spacial score (nSPS) is 47.8. The molecule has 0 amide bonds. The number of allylic oxidation sites excluding steroid dienone is 1. The van der Waals surface area contributed by atoms with Crippen LogP contribution in [0.1, 0.15) is 19.8 Å². The highest BCUT2D eigenvalue weighted by atomic mass is 16.3. The minimum atomic E-state index is -0.0151. The van der Waals surface area contributed by atoms with Crippen LogP contribution in [0.3, 0.4) is 0 Å². The number of aliphatic hydroxyl groups excluding tert-OH is 1. The standard InChI is InChI=1S/C8H12O/c1-5-4-7-6(5)2-3-8(7)9/h4,6-9H,2-3H2,1H3. The van der Waals surface area contributed by atoms with Crippen LogP contribution in [0.25, 0.3) is 0 Å². The van der Waals surface area contributed by atoms with Crippen LogP contribution < -0.4 is 0 Å². The Hall–Kier alpha value is -0.300. The van der Waals surface area contributed by atoms with E-state index in [0.717, 1.165) is 12.3 Å². The van der Waals surface area contributed by atoms with E-state index in [9.17, 15) is 5.11 Å². The van der Waals surface area contributed by atoms with Crippen molar-refractivity contribution in [3.8, 4) is 0 Å². The van der Waals surface area contributed by atoms with Gasteiger partial charge in [-0.25, -0.2) is 0 Å². The molecular formula is C8H12O. The zero-order chi connectivity index (χ0) is 6.43. The number of hydrogen-bond acceptors (Lipinski definition) is 1. The summed E-state index contributed by atoms with van der Waals surface area (Å²) in [5.74, 6) is 1.28. The predicted octanol–water partition coefficient (Wildman–Crippen LogP) is 1.33. The van der Waals surface area contributed by atoms with Gasteiger partial charge in [-0.15, -0.1) is 0 Å². The zero-order valence-corrected chi connectivity index (χ0v) is 5.67. The summed E-state index contributed by atoms with van der Waals surface area (Å²) in [5, 5.41) is 9.29. The summed E-state index contributed by atoms with van der Waals surface area (Å²) < 4.78 is 0. The van der Waals surface area contributed by atoms with Crippen LogP contribution in [0.5, 0.6) is 0 Å². The van der Waals surface area contributed by atoms with Crippen LogP contribution in [-0.4, -0.2) is 11.2 Å². The lowest BCUT2D eigenvalue weighted by atomic mass is 9.77. The van der Waals surface area contributed by atoms with Crippen molar-refractivity contribution < 1.29 is 5.11 Å². The monoisotopic (exact) mass is 124 g/mol. The van der Waals surface area contributed by atoms with E-state index in [4.69, 9.17) is 0 Å². The van der Waals surface area contributed by atoms with Gasteiger partial charge in [0.1, 0.15) is 0 Å². The predicted molar refractivity (Wildman–Crippen MR) is 36.0 cm³/mol. The van der Waals surface area contributed by atoms with Crippen LogP contribution in [-0.2, 0) is 0 Å². The van der Waals surface area contributed by atoms with Crippen molar-refractivity contribution >= 4 is 0 Å². The first kappa shape index (κ1) is 5.48. The van der Waals surface area contributed by atoms with E-state index in [1.807, 2.05) is 0 Å². The lowest BCUT2D eigenvalue weighted by molar-refractivity contribution is 0.137. The third-order valence-corrected chi connectivity index (χ3v) is 2.72. The maximum Gasteiger partial charge on any atom is 0.0608 e. The second kappa shape index (κ2) is 1.60. The second-order valence-corrected chi connectivity index (χ2v) is 3.24. The fourth-order valence-electron chi connectivity index (χ4n) is 2.07. The van der Waals surface area contributed by atoms with E-state index >= 15 is 0 Å². The van der Waals surface area contributed by atoms with Gasteiger partial charge in [0.05, 0.1) is 6.10 Å². The Bertz CT molecular complexity index is 160. The molecule has 3 atom stereocenters. The molecule has 1 heteroatoms. The van der Waals surface area contributed by atoms with Crippen molar-refractivity contribution in [2.75, 3.05) is 0 Å². The van der Waals surface area contributed by atoms with E-state index in [0.29, 0.717) is 5.92 Å². The molecule has 0 bridgehead atoms. The summed E-state index contributed by atoms with van der Waals surface area (Å²) in [6.45, 7) is 2.17. The highest BCUT2D eigenvalue weighted by Crippen LogP contribution is 2.45. The molecule has 9 heavy (non-hydrogen) atoms. The van der Waals surface area contributed by atoms with Gasteiger partial charge in [0.2, 0.25) is 0 Å². The van der Waals surface area contributed by atoms with E-state index in [1.165, 1.54) is 12.0 Å². The van der Waals surface area contributed by atoms with Gasteiger partial charge in [0.25, 0.3) is 0 Å². The van der Waals surface area contributed by atoms with Crippen LogP contribution in [0.4, 0.5) is 0 Å². The third kappa shape index (κ3) is 0.584. The van der Waals surface area contributed by atoms with Gasteiger partial charge in [-0.3, -0.25) is 0 Å². The Morgan fingerprint density at radius 1 is 1.56 bits per heavy atom. The molecule has 50 valence electrons. The molecule has 1 saturated carbocycles. The van der Waals surface area contributed by atoms with Gasteiger partial charge in [0, 0.05) is 5.92 Å². The summed E-state index contributed by atoms with van der Waals surface area (Å²) in [7, 11) is 0. The van der Waals surface area contributed by atoms with E-state index in [2.05, 4.69) is 13.0 Å². The summed E-state index contributed by atoms with van der Waals surface area (Å²) in [6.07, 6.45) is 4.43. The van der Waals surface area contributed by atoms with Gasteiger partial charge in [-0.1, -0.05) is 11.6 Å². The molecule has 1 nitrogen and oxygen atoms in total. The molecule has 0 aromatic carbocycles. The van der Waals surface area contributed by atoms with Crippen molar-refractivity contribution in [3.05, 3.63) is 11.6 Å². The molecule has 2 aliphatic rings. The van der Waals surface area contributed by atoms with Crippen molar-refractivity contribution in [3.63, 3.8) is 0 Å². The Morgan fingerprint density at radius 3 is 2.78 bits per heavy atom. The summed E-state index contributed by atoms with van der Waals surface area (Å²) in [4.78, 5) is 0. The largest absolute Gasteiger partial charge is 0.392 e. The fraction of sp³-hybridized carbons (Fsp3) is 0.750. The van der Waals surface area contributed by atoms with E-state index in [-0.39, 0.29) is 6.10 Å². The summed E-state index contributed by atoms with van der Waals surface area (Å²) in [5.41, 5.74) is 1.50. The van der Waals surface area contributed by atoms with E-state index in [1.54, 1.807) is 0 Å². The second-order valence-electron chi connectivity index (χ2n) is 3.24. The van der Waals surface area contributed by atoms with Crippen LogP contribution >= 0.6 is 0 Å². The van der Waals surface area contributed by atoms with Gasteiger partial charge in [-0.2, -0.15) is 0 Å². The average Bonchev–Trinajstić information content (AvgIpc) is 2.07. The lowest BCUT2D eigenvalue weighted by Crippen LogP contribution is -2.25. The minimum absolute atomic E-state index is 0.0151. The first-order valence-corrected chi connectivity index (χ1v) is 3.65. The number of hydrogen-bond donors (Lipinski definition) is 1. The quantitative estimate of drug-likeness (QED) is 0.483. The SMILES string of the molecule is CC1=CC2C(O)CCC12. The van der Waals surface area contributed by atoms with Crippen molar-refractivity contribution in [2.24, 2.45) is 11.8 Å². The number of aliphatic hydroxyl groups is 1. The topological polar surface area (TPSA) is 20.2 Å². The van der Waals surface area contributed by atoms with Crippen molar-refractivity contribution in [2.45, 2.75) is 25.9 Å². The Morgan fingerprint density at radius 2 is 2.33 bits per heavy atom. The van der Waals surface area contributed by atoms with Gasteiger partial charge in [0.15, 0.2) is 0 Å². The molecule has 0 heterocycles. The molecule has 0 aliphatic heterocycles. The van der Waals surface area contributed by atoms with E-state index < -0.39 is 0 Å². The smallest absolute Gasteiger partial charge is 0.0608 e. The molecule has 3 unspecified atom stereocenters. The summed E-state index contributed by atoms with van der Waals surface area (Å²) >= 11 is 0. The van der Waals surface area contributed by atoms with Gasteiger partial charge in [-0.05, 0) is 25.7 Å². The molecule has 0 spiro atoms. The first-order chi connectivity index (χ1) is 4.29. The van der Waals surface area contributed by atoms with Gasteiger partial charge >= 0.3 is 0 Å². The maximum absolute atomic E-state index is 9.29. The zero-order valence-electron chi connectivity index (χ0n) is 5.67. The maximum atomic E-state index is 9.29. The average molecular weight is 124 g/mol. The molecular weight excluding hydrogens is 112 g/mol. The van der Waals surface area contributed by atoms with Crippen molar-refractivity contribution in [1.29, 1.82) is 0 Å².